The number of ether oxygens (including phenoxy) is 1. The first kappa shape index (κ1) is 14.7. The van der Waals surface area contributed by atoms with Crippen molar-refractivity contribution >= 4 is 19.7 Å². The topological polar surface area (TPSA) is 43.4 Å². The summed E-state index contributed by atoms with van der Waals surface area (Å²) >= 11 is 0. The van der Waals surface area contributed by atoms with Crippen LogP contribution >= 0.6 is 10.7 Å². The molecule has 1 aromatic rings. The molecule has 5 heteroatoms. The van der Waals surface area contributed by atoms with Crippen molar-refractivity contribution in [3.8, 4) is 5.75 Å². The molecule has 1 fully saturated rings. The summed E-state index contributed by atoms with van der Waals surface area (Å²) in [6.07, 6.45) is 4.44. The van der Waals surface area contributed by atoms with Gasteiger partial charge in [-0.05, 0) is 43.2 Å². The van der Waals surface area contributed by atoms with Gasteiger partial charge in [0.2, 0.25) is 0 Å². The molecular formula is C14H19ClO3S. The van der Waals surface area contributed by atoms with E-state index in [0.717, 1.165) is 25.7 Å². The Kier molecular flexibility index (Phi) is 4.11. The highest BCUT2D eigenvalue weighted by atomic mass is 35.7. The second-order valence-corrected chi connectivity index (χ2v) is 8.46. The maximum atomic E-state index is 11.3. The van der Waals surface area contributed by atoms with Gasteiger partial charge in [0.1, 0.15) is 5.75 Å². The lowest BCUT2D eigenvalue weighted by molar-refractivity contribution is 0.0986. The van der Waals surface area contributed by atoms with Crippen LogP contribution in [0.15, 0.2) is 29.2 Å². The molecule has 1 aliphatic rings. The predicted octanol–water partition coefficient (Wildman–Crippen LogP) is 3.96. The van der Waals surface area contributed by atoms with Gasteiger partial charge < -0.3 is 4.74 Å². The van der Waals surface area contributed by atoms with Crippen molar-refractivity contribution in [2.45, 2.75) is 50.5 Å². The highest BCUT2D eigenvalue weighted by molar-refractivity contribution is 8.13. The van der Waals surface area contributed by atoms with Crippen LogP contribution in [-0.4, -0.2) is 14.5 Å². The lowest BCUT2D eigenvalue weighted by atomic mass is 9.76. The van der Waals surface area contributed by atoms with E-state index in [1.54, 1.807) is 12.1 Å². The summed E-state index contributed by atoms with van der Waals surface area (Å²) in [6.45, 7) is 4.54. The summed E-state index contributed by atoms with van der Waals surface area (Å²) in [5.74, 6) is 0.575. The number of rotatable bonds is 3. The van der Waals surface area contributed by atoms with E-state index in [1.165, 1.54) is 12.1 Å². The van der Waals surface area contributed by atoms with Crippen LogP contribution in [0.1, 0.15) is 39.5 Å². The molecule has 0 radical (unpaired) electrons. The van der Waals surface area contributed by atoms with Gasteiger partial charge in [-0.25, -0.2) is 8.42 Å². The minimum Gasteiger partial charge on any atom is -0.490 e. The Labute approximate surface area is 119 Å². The van der Waals surface area contributed by atoms with E-state index in [4.69, 9.17) is 15.4 Å². The van der Waals surface area contributed by atoms with Gasteiger partial charge in [-0.2, -0.15) is 0 Å². The summed E-state index contributed by atoms with van der Waals surface area (Å²) in [7, 11) is 1.63. The van der Waals surface area contributed by atoms with Crippen LogP contribution in [0.25, 0.3) is 0 Å². The van der Waals surface area contributed by atoms with Crippen LogP contribution in [0.3, 0.4) is 0 Å². The molecule has 0 aromatic heterocycles. The summed E-state index contributed by atoms with van der Waals surface area (Å²) < 4.78 is 28.4. The zero-order valence-corrected chi connectivity index (χ0v) is 12.8. The molecular weight excluding hydrogens is 284 g/mol. The Bertz CT molecular complexity index is 542. The zero-order valence-electron chi connectivity index (χ0n) is 11.2. The summed E-state index contributed by atoms with van der Waals surface area (Å²) in [4.78, 5) is 0.0859. The SMILES string of the molecule is CC1(C)CCC(Oc2cccc(S(=O)(=O)Cl)c2)CC1. The van der Waals surface area contributed by atoms with Crippen LogP contribution in [-0.2, 0) is 9.05 Å². The van der Waals surface area contributed by atoms with Crippen LogP contribution in [0, 0.1) is 5.41 Å². The van der Waals surface area contributed by atoms with Crippen LogP contribution < -0.4 is 4.74 Å². The molecule has 3 nitrogen and oxygen atoms in total. The average molecular weight is 303 g/mol. The van der Waals surface area contributed by atoms with Crippen molar-refractivity contribution in [1.82, 2.24) is 0 Å². The van der Waals surface area contributed by atoms with E-state index >= 15 is 0 Å². The molecule has 0 atom stereocenters. The molecule has 0 spiro atoms. The Balaban J connectivity index is 2.05. The van der Waals surface area contributed by atoms with Crippen LogP contribution in [0.4, 0.5) is 0 Å². The number of halogens is 1. The lowest BCUT2D eigenvalue weighted by Gasteiger charge is -2.34. The van der Waals surface area contributed by atoms with Crippen molar-refractivity contribution < 1.29 is 13.2 Å². The number of benzene rings is 1. The molecule has 106 valence electrons. The third-order valence-electron chi connectivity index (χ3n) is 3.68. The van der Waals surface area contributed by atoms with Gasteiger partial charge >= 0.3 is 0 Å². The van der Waals surface area contributed by atoms with E-state index in [0.29, 0.717) is 11.2 Å². The molecule has 0 unspecified atom stereocenters. The molecule has 0 heterocycles. The largest absolute Gasteiger partial charge is 0.490 e. The molecule has 1 saturated carbocycles. The van der Waals surface area contributed by atoms with Crippen LogP contribution in [0.5, 0.6) is 5.75 Å². The first-order chi connectivity index (χ1) is 8.76. The molecule has 1 aromatic carbocycles. The Morgan fingerprint density at radius 2 is 1.89 bits per heavy atom. The van der Waals surface area contributed by atoms with Gasteiger partial charge in [0, 0.05) is 16.7 Å². The van der Waals surface area contributed by atoms with Gasteiger partial charge in [-0.3, -0.25) is 0 Å². The van der Waals surface area contributed by atoms with Gasteiger partial charge in [0.25, 0.3) is 9.05 Å². The number of hydrogen-bond donors (Lipinski definition) is 0. The quantitative estimate of drug-likeness (QED) is 0.794. The van der Waals surface area contributed by atoms with Crippen LogP contribution in [0.2, 0.25) is 0 Å². The molecule has 19 heavy (non-hydrogen) atoms. The first-order valence-electron chi connectivity index (χ1n) is 6.48. The van der Waals surface area contributed by atoms with Crippen molar-refractivity contribution in [2.75, 3.05) is 0 Å². The summed E-state index contributed by atoms with van der Waals surface area (Å²) in [5.41, 5.74) is 0.390. The highest BCUT2D eigenvalue weighted by Crippen LogP contribution is 2.36. The third-order valence-corrected chi connectivity index (χ3v) is 5.03. The summed E-state index contributed by atoms with van der Waals surface area (Å²) in [6, 6.07) is 6.38. The van der Waals surface area contributed by atoms with E-state index in [1.807, 2.05) is 0 Å². The fourth-order valence-corrected chi connectivity index (χ4v) is 3.17. The van der Waals surface area contributed by atoms with Gasteiger partial charge in [-0.1, -0.05) is 19.9 Å². The second kappa shape index (κ2) is 5.33. The highest BCUT2D eigenvalue weighted by Gasteiger charge is 2.27. The fraction of sp³-hybridized carbons (Fsp3) is 0.571. The minimum atomic E-state index is -3.69. The van der Waals surface area contributed by atoms with Gasteiger partial charge in [0.15, 0.2) is 0 Å². The Morgan fingerprint density at radius 1 is 1.26 bits per heavy atom. The normalized spacial score (nSPS) is 20.2. The minimum absolute atomic E-state index is 0.0859. The molecule has 0 aliphatic heterocycles. The zero-order chi connectivity index (χ0) is 14.1. The Hall–Kier alpha value is -0.740. The fourth-order valence-electron chi connectivity index (χ4n) is 2.38. The molecule has 0 saturated heterocycles. The van der Waals surface area contributed by atoms with Gasteiger partial charge in [-0.15, -0.1) is 0 Å². The molecule has 1 aliphatic carbocycles. The average Bonchev–Trinajstić information content (AvgIpc) is 2.31. The second-order valence-electron chi connectivity index (χ2n) is 5.89. The van der Waals surface area contributed by atoms with Crippen molar-refractivity contribution in [3.63, 3.8) is 0 Å². The number of hydrogen-bond acceptors (Lipinski definition) is 3. The van der Waals surface area contributed by atoms with E-state index in [9.17, 15) is 8.42 Å². The Morgan fingerprint density at radius 3 is 2.47 bits per heavy atom. The molecule has 0 N–H and O–H groups in total. The van der Waals surface area contributed by atoms with Gasteiger partial charge in [0.05, 0.1) is 11.0 Å². The van der Waals surface area contributed by atoms with Crippen molar-refractivity contribution in [3.05, 3.63) is 24.3 Å². The predicted molar refractivity (Wildman–Crippen MR) is 76.1 cm³/mol. The van der Waals surface area contributed by atoms with Crippen molar-refractivity contribution in [1.29, 1.82) is 0 Å². The summed E-state index contributed by atoms with van der Waals surface area (Å²) in [5, 5.41) is 0. The molecule has 0 bridgehead atoms. The van der Waals surface area contributed by atoms with E-state index in [2.05, 4.69) is 13.8 Å². The molecule has 0 amide bonds. The van der Waals surface area contributed by atoms with E-state index < -0.39 is 9.05 Å². The smallest absolute Gasteiger partial charge is 0.261 e. The standard InChI is InChI=1S/C14H19ClO3S/c1-14(2)8-6-11(7-9-14)18-12-4-3-5-13(10-12)19(15,16)17/h3-5,10-11H,6-9H2,1-2H3. The maximum absolute atomic E-state index is 11.3. The third kappa shape index (κ3) is 4.11. The van der Waals surface area contributed by atoms with Crippen molar-refractivity contribution in [2.24, 2.45) is 5.41 Å². The monoisotopic (exact) mass is 302 g/mol. The van der Waals surface area contributed by atoms with E-state index in [-0.39, 0.29) is 11.0 Å². The first-order valence-corrected chi connectivity index (χ1v) is 8.79. The maximum Gasteiger partial charge on any atom is 0.261 e. The molecule has 2 rings (SSSR count). The lowest BCUT2D eigenvalue weighted by Crippen LogP contribution is -2.28.